The smallest absolute Gasteiger partial charge is 0.253 e. The highest BCUT2D eigenvalue weighted by molar-refractivity contribution is 5.94. The molecule has 0 aromatic heterocycles. The molecule has 1 aliphatic heterocycles. The maximum Gasteiger partial charge on any atom is 0.253 e. The summed E-state index contributed by atoms with van der Waals surface area (Å²) >= 11 is 0. The van der Waals surface area contributed by atoms with Gasteiger partial charge in [0.1, 0.15) is 12.4 Å². The summed E-state index contributed by atoms with van der Waals surface area (Å²) in [5.41, 5.74) is 2.17. The predicted octanol–water partition coefficient (Wildman–Crippen LogP) is 5.58. The Balaban J connectivity index is 0.00000385. The van der Waals surface area contributed by atoms with Crippen LogP contribution in [0.2, 0.25) is 0 Å². The van der Waals surface area contributed by atoms with E-state index in [1.54, 1.807) is 6.07 Å². The highest BCUT2D eigenvalue weighted by Crippen LogP contribution is 2.26. The Morgan fingerprint density at radius 3 is 2.24 bits per heavy atom. The molecular weight excluding hydrogens is 446 g/mol. The second-order valence-corrected chi connectivity index (χ2v) is 9.44. The minimum Gasteiger partial charge on any atom is -0.489 e. The molecule has 0 radical (unpaired) electrons. The number of nitrogens with zero attached hydrogens (tertiary/aromatic N) is 2. The maximum absolute atomic E-state index is 13.5. The molecule has 1 heterocycles. The van der Waals surface area contributed by atoms with Crippen LogP contribution in [0.5, 0.6) is 5.75 Å². The van der Waals surface area contributed by atoms with Crippen LogP contribution in [0.1, 0.15) is 49.2 Å². The molecule has 33 heavy (non-hydrogen) atoms. The number of halogens is 3. The number of hydrogen-bond donors (Lipinski definition) is 0. The van der Waals surface area contributed by atoms with Crippen molar-refractivity contribution in [3.05, 3.63) is 64.7 Å². The first-order valence-corrected chi connectivity index (χ1v) is 11.4. The number of piperazine rings is 1. The summed E-state index contributed by atoms with van der Waals surface area (Å²) in [4.78, 5) is 17.5. The number of benzene rings is 2. The van der Waals surface area contributed by atoms with Crippen LogP contribution in [0, 0.1) is 23.5 Å². The van der Waals surface area contributed by atoms with Crippen molar-refractivity contribution in [3.8, 4) is 5.75 Å². The van der Waals surface area contributed by atoms with Crippen molar-refractivity contribution in [1.29, 1.82) is 0 Å². The normalized spacial score (nSPS) is 14.5. The van der Waals surface area contributed by atoms with E-state index >= 15 is 0 Å². The van der Waals surface area contributed by atoms with Gasteiger partial charge in [0, 0.05) is 38.3 Å². The molecule has 3 rings (SSSR count). The molecular formula is C26H35ClF2N2O2. The summed E-state index contributed by atoms with van der Waals surface area (Å²) in [5.74, 6) is -0.0430. The van der Waals surface area contributed by atoms with Gasteiger partial charge < -0.3 is 9.64 Å². The lowest BCUT2D eigenvalue weighted by Gasteiger charge is -2.35. The SMILES string of the molecule is CC(C)Cc1cc(C(=O)N2CCN(CC(C)C)CC2)ccc1OCc1ccc(F)c(F)c1.Cl. The summed E-state index contributed by atoms with van der Waals surface area (Å²) in [6.45, 7) is 13.1. The first kappa shape index (κ1) is 27.1. The predicted molar refractivity (Wildman–Crippen MR) is 130 cm³/mol. The Bertz CT molecular complexity index is 929. The molecule has 0 unspecified atom stereocenters. The standard InChI is InChI=1S/C26H34F2N2O2.ClH/c1-18(2)13-22-15-21(26(31)30-11-9-29(10-12-30)16-19(3)4)6-8-25(22)32-17-20-5-7-23(27)24(28)14-20;/h5-8,14-15,18-19H,9-13,16-17H2,1-4H3;1H. The van der Waals surface area contributed by atoms with Gasteiger partial charge in [-0.3, -0.25) is 9.69 Å². The highest BCUT2D eigenvalue weighted by atomic mass is 35.5. The molecule has 1 amide bonds. The molecule has 1 saturated heterocycles. The lowest BCUT2D eigenvalue weighted by Crippen LogP contribution is -2.49. The third-order valence-corrected chi connectivity index (χ3v) is 5.60. The first-order chi connectivity index (χ1) is 15.2. The largest absolute Gasteiger partial charge is 0.489 e. The summed E-state index contributed by atoms with van der Waals surface area (Å²) in [7, 11) is 0. The zero-order valence-corrected chi connectivity index (χ0v) is 20.8. The average molecular weight is 481 g/mol. The van der Waals surface area contributed by atoms with Crippen molar-refractivity contribution in [3.63, 3.8) is 0 Å². The van der Waals surface area contributed by atoms with Crippen molar-refractivity contribution < 1.29 is 18.3 Å². The number of carbonyl (C=O) groups excluding carboxylic acids is 1. The number of rotatable bonds is 8. The molecule has 0 atom stereocenters. The quantitative estimate of drug-likeness (QED) is 0.494. The topological polar surface area (TPSA) is 32.8 Å². The molecule has 1 aliphatic rings. The zero-order valence-electron chi connectivity index (χ0n) is 19.9. The molecule has 2 aromatic carbocycles. The Morgan fingerprint density at radius 1 is 0.939 bits per heavy atom. The van der Waals surface area contributed by atoms with Gasteiger partial charge in [-0.1, -0.05) is 33.8 Å². The van der Waals surface area contributed by atoms with Crippen LogP contribution in [0.15, 0.2) is 36.4 Å². The van der Waals surface area contributed by atoms with E-state index in [9.17, 15) is 13.6 Å². The van der Waals surface area contributed by atoms with Gasteiger partial charge >= 0.3 is 0 Å². The van der Waals surface area contributed by atoms with Crippen LogP contribution < -0.4 is 4.74 Å². The van der Waals surface area contributed by atoms with Gasteiger partial charge in [-0.25, -0.2) is 8.78 Å². The van der Waals surface area contributed by atoms with E-state index < -0.39 is 11.6 Å². The summed E-state index contributed by atoms with van der Waals surface area (Å²) in [6.07, 6.45) is 0.760. The number of ether oxygens (including phenoxy) is 1. The fourth-order valence-corrected chi connectivity index (χ4v) is 4.08. The molecule has 7 heteroatoms. The molecule has 0 N–H and O–H groups in total. The van der Waals surface area contributed by atoms with E-state index in [-0.39, 0.29) is 24.9 Å². The van der Waals surface area contributed by atoms with Gasteiger partial charge in [-0.2, -0.15) is 0 Å². The number of carbonyl (C=O) groups is 1. The Morgan fingerprint density at radius 2 is 1.64 bits per heavy atom. The van der Waals surface area contributed by atoms with Crippen molar-refractivity contribution in [2.75, 3.05) is 32.7 Å². The van der Waals surface area contributed by atoms with Crippen LogP contribution in [0.4, 0.5) is 8.78 Å². The maximum atomic E-state index is 13.5. The molecule has 0 aliphatic carbocycles. The van der Waals surface area contributed by atoms with Crippen LogP contribution >= 0.6 is 12.4 Å². The van der Waals surface area contributed by atoms with Gasteiger partial charge in [-0.15, -0.1) is 12.4 Å². The fourth-order valence-electron chi connectivity index (χ4n) is 4.08. The Hall–Kier alpha value is -2.18. The van der Waals surface area contributed by atoms with Gasteiger partial charge in [-0.05, 0) is 59.7 Å². The minimum absolute atomic E-state index is 0. The Labute approximate surface area is 202 Å². The number of amides is 1. The zero-order chi connectivity index (χ0) is 23.3. The third-order valence-electron chi connectivity index (χ3n) is 5.60. The molecule has 182 valence electrons. The van der Waals surface area contributed by atoms with Crippen LogP contribution in [0.25, 0.3) is 0 Å². The Kier molecular flexibility index (Phi) is 10.1. The van der Waals surface area contributed by atoms with Gasteiger partial charge in [0.15, 0.2) is 11.6 Å². The van der Waals surface area contributed by atoms with Crippen LogP contribution in [-0.4, -0.2) is 48.4 Å². The van der Waals surface area contributed by atoms with E-state index in [0.717, 1.165) is 56.8 Å². The lowest BCUT2D eigenvalue weighted by molar-refractivity contribution is 0.0623. The molecule has 0 saturated carbocycles. The van der Waals surface area contributed by atoms with Crippen molar-refractivity contribution >= 4 is 18.3 Å². The lowest BCUT2D eigenvalue weighted by atomic mass is 9.99. The van der Waals surface area contributed by atoms with Crippen molar-refractivity contribution in [2.45, 2.75) is 40.7 Å². The number of hydrogen-bond acceptors (Lipinski definition) is 3. The van der Waals surface area contributed by atoms with E-state index in [1.165, 1.54) is 6.07 Å². The average Bonchev–Trinajstić information content (AvgIpc) is 2.74. The summed E-state index contributed by atoms with van der Waals surface area (Å²) in [6, 6.07) is 9.30. The first-order valence-electron chi connectivity index (χ1n) is 11.4. The molecule has 0 bridgehead atoms. The van der Waals surface area contributed by atoms with E-state index in [0.29, 0.717) is 28.7 Å². The van der Waals surface area contributed by atoms with Crippen LogP contribution in [0.3, 0.4) is 0 Å². The molecule has 0 spiro atoms. The molecule has 2 aromatic rings. The molecule has 1 fully saturated rings. The van der Waals surface area contributed by atoms with Gasteiger partial charge in [0.05, 0.1) is 0 Å². The van der Waals surface area contributed by atoms with Gasteiger partial charge in [0.2, 0.25) is 0 Å². The van der Waals surface area contributed by atoms with Crippen molar-refractivity contribution in [1.82, 2.24) is 9.80 Å². The summed E-state index contributed by atoms with van der Waals surface area (Å²) < 4.78 is 32.6. The minimum atomic E-state index is -0.886. The van der Waals surface area contributed by atoms with Crippen molar-refractivity contribution in [2.24, 2.45) is 11.8 Å². The second-order valence-electron chi connectivity index (χ2n) is 9.44. The van der Waals surface area contributed by atoms with Gasteiger partial charge in [0.25, 0.3) is 5.91 Å². The third kappa shape index (κ3) is 7.68. The highest BCUT2D eigenvalue weighted by Gasteiger charge is 2.23. The van der Waals surface area contributed by atoms with E-state index in [1.807, 2.05) is 17.0 Å². The monoisotopic (exact) mass is 480 g/mol. The fraction of sp³-hybridized carbons (Fsp3) is 0.500. The second kappa shape index (κ2) is 12.3. The summed E-state index contributed by atoms with van der Waals surface area (Å²) in [5, 5.41) is 0. The van der Waals surface area contributed by atoms with Crippen LogP contribution in [-0.2, 0) is 13.0 Å². The van der Waals surface area contributed by atoms with E-state index in [4.69, 9.17) is 4.74 Å². The van der Waals surface area contributed by atoms with E-state index in [2.05, 4.69) is 32.6 Å². The molecule has 4 nitrogen and oxygen atoms in total.